The second kappa shape index (κ2) is 4.69. The van der Waals surface area contributed by atoms with Crippen LogP contribution in [0.25, 0.3) is 0 Å². The molecule has 106 valence electrons. The summed E-state index contributed by atoms with van der Waals surface area (Å²) in [6.45, 7) is 0.262. The molecule has 0 saturated heterocycles. The molecule has 0 radical (unpaired) electrons. The zero-order chi connectivity index (χ0) is 13.5. The van der Waals surface area contributed by atoms with Crippen molar-refractivity contribution in [3.05, 3.63) is 18.2 Å². The number of anilines is 1. The minimum absolute atomic E-state index is 0.126. The van der Waals surface area contributed by atoms with Gasteiger partial charge in [0.15, 0.2) is 11.5 Å². The van der Waals surface area contributed by atoms with E-state index in [-0.39, 0.29) is 12.7 Å². The summed E-state index contributed by atoms with van der Waals surface area (Å²) in [5.41, 5.74) is 0.794. The molecule has 2 bridgehead atoms. The van der Waals surface area contributed by atoms with Crippen LogP contribution in [0.15, 0.2) is 18.2 Å². The molecule has 1 amide bonds. The standard InChI is InChI=1S/C16H19NO3/c18-16(7-12-6-10-1-2-11(12)5-10)17-13-3-4-14-15(8-13)20-9-19-14/h3-4,8,10-12H,1-2,5-7,9H2,(H,17,18)/t10-,11-,12-/m0/s1. The summed E-state index contributed by atoms with van der Waals surface area (Å²) < 4.78 is 10.6. The van der Waals surface area contributed by atoms with Gasteiger partial charge in [-0.3, -0.25) is 4.79 Å². The Morgan fingerprint density at radius 3 is 2.90 bits per heavy atom. The van der Waals surface area contributed by atoms with E-state index in [9.17, 15) is 4.79 Å². The van der Waals surface area contributed by atoms with Crippen LogP contribution in [-0.4, -0.2) is 12.7 Å². The van der Waals surface area contributed by atoms with Crippen LogP contribution in [0.2, 0.25) is 0 Å². The molecule has 1 aromatic rings. The molecule has 2 saturated carbocycles. The van der Waals surface area contributed by atoms with E-state index < -0.39 is 0 Å². The van der Waals surface area contributed by atoms with Gasteiger partial charge in [-0.1, -0.05) is 6.42 Å². The summed E-state index contributed by atoms with van der Waals surface area (Å²) in [6, 6.07) is 5.54. The van der Waals surface area contributed by atoms with Gasteiger partial charge in [-0.2, -0.15) is 0 Å². The second-order valence-corrected chi connectivity index (χ2v) is 6.26. The first-order valence-corrected chi connectivity index (χ1v) is 7.47. The Morgan fingerprint density at radius 2 is 2.10 bits per heavy atom. The third kappa shape index (κ3) is 2.13. The van der Waals surface area contributed by atoms with Crippen LogP contribution in [0.4, 0.5) is 5.69 Å². The summed E-state index contributed by atoms with van der Waals surface area (Å²) >= 11 is 0. The Labute approximate surface area is 118 Å². The summed E-state index contributed by atoms with van der Waals surface area (Å²) in [4.78, 5) is 12.2. The van der Waals surface area contributed by atoms with Crippen molar-refractivity contribution in [2.45, 2.75) is 32.1 Å². The minimum atomic E-state index is 0.126. The number of nitrogens with one attached hydrogen (secondary N) is 1. The molecule has 20 heavy (non-hydrogen) atoms. The molecule has 4 heteroatoms. The first-order valence-electron chi connectivity index (χ1n) is 7.47. The van der Waals surface area contributed by atoms with E-state index in [0.717, 1.165) is 23.3 Å². The first-order chi connectivity index (χ1) is 9.78. The topological polar surface area (TPSA) is 47.6 Å². The normalized spacial score (nSPS) is 29.7. The first kappa shape index (κ1) is 12.1. The van der Waals surface area contributed by atoms with Gasteiger partial charge in [0.1, 0.15) is 0 Å². The molecule has 2 aliphatic carbocycles. The largest absolute Gasteiger partial charge is 0.454 e. The summed E-state index contributed by atoms with van der Waals surface area (Å²) in [5, 5.41) is 2.98. The van der Waals surface area contributed by atoms with Crippen molar-refractivity contribution >= 4 is 11.6 Å². The van der Waals surface area contributed by atoms with Gasteiger partial charge in [0.2, 0.25) is 12.7 Å². The molecular weight excluding hydrogens is 254 g/mol. The van der Waals surface area contributed by atoms with Crippen molar-refractivity contribution in [1.29, 1.82) is 0 Å². The molecule has 2 fully saturated rings. The van der Waals surface area contributed by atoms with Crippen molar-refractivity contribution in [3.63, 3.8) is 0 Å². The maximum absolute atomic E-state index is 12.2. The van der Waals surface area contributed by atoms with Crippen LogP contribution in [0.5, 0.6) is 11.5 Å². The number of fused-ring (bicyclic) bond motifs is 3. The highest BCUT2D eigenvalue weighted by molar-refractivity contribution is 5.91. The highest BCUT2D eigenvalue weighted by Gasteiger charge is 2.40. The van der Waals surface area contributed by atoms with E-state index >= 15 is 0 Å². The van der Waals surface area contributed by atoms with E-state index in [0.29, 0.717) is 18.1 Å². The number of ether oxygens (including phenoxy) is 2. The highest BCUT2D eigenvalue weighted by atomic mass is 16.7. The van der Waals surface area contributed by atoms with Crippen LogP contribution in [0, 0.1) is 17.8 Å². The SMILES string of the molecule is O=C(C[C@@H]1C[C@H]2CC[C@H]1C2)Nc1ccc2c(c1)OCO2. The van der Waals surface area contributed by atoms with Gasteiger partial charge in [-0.25, -0.2) is 0 Å². The molecular formula is C16H19NO3. The maximum atomic E-state index is 12.2. The van der Waals surface area contributed by atoms with Gasteiger partial charge in [0.05, 0.1) is 0 Å². The lowest BCUT2D eigenvalue weighted by Gasteiger charge is -2.20. The summed E-state index contributed by atoms with van der Waals surface area (Å²) in [6.07, 6.45) is 5.97. The van der Waals surface area contributed by atoms with Crippen LogP contribution >= 0.6 is 0 Å². The Bertz CT molecular complexity index is 543. The van der Waals surface area contributed by atoms with Crippen LogP contribution in [0.3, 0.4) is 0 Å². The Hall–Kier alpha value is -1.71. The predicted molar refractivity (Wildman–Crippen MR) is 74.7 cm³/mol. The fourth-order valence-electron chi connectivity index (χ4n) is 4.05. The lowest BCUT2D eigenvalue weighted by Crippen LogP contribution is -2.20. The molecule has 1 heterocycles. The van der Waals surface area contributed by atoms with Crippen molar-refractivity contribution in [2.24, 2.45) is 17.8 Å². The zero-order valence-electron chi connectivity index (χ0n) is 11.4. The molecule has 1 N–H and O–H groups in total. The Balaban J connectivity index is 1.38. The minimum Gasteiger partial charge on any atom is -0.454 e. The highest BCUT2D eigenvalue weighted by Crippen LogP contribution is 2.49. The summed E-state index contributed by atoms with van der Waals surface area (Å²) in [5.74, 6) is 3.87. The lowest BCUT2D eigenvalue weighted by molar-refractivity contribution is -0.117. The number of benzene rings is 1. The third-order valence-electron chi connectivity index (χ3n) is 4.99. The maximum Gasteiger partial charge on any atom is 0.231 e. The average molecular weight is 273 g/mol. The number of amides is 1. The summed E-state index contributed by atoms with van der Waals surface area (Å²) in [7, 11) is 0. The van der Waals surface area contributed by atoms with Crippen LogP contribution in [0.1, 0.15) is 32.1 Å². The molecule has 0 unspecified atom stereocenters. The number of carbonyl (C=O) groups is 1. The smallest absolute Gasteiger partial charge is 0.231 e. The fourth-order valence-corrected chi connectivity index (χ4v) is 4.05. The molecule has 3 atom stereocenters. The van der Waals surface area contributed by atoms with Gasteiger partial charge < -0.3 is 14.8 Å². The quantitative estimate of drug-likeness (QED) is 0.920. The van der Waals surface area contributed by atoms with Gasteiger partial charge in [-0.15, -0.1) is 0 Å². The van der Waals surface area contributed by atoms with E-state index in [1.165, 1.54) is 25.7 Å². The number of hydrogen-bond acceptors (Lipinski definition) is 3. The molecule has 1 aromatic carbocycles. The van der Waals surface area contributed by atoms with Gasteiger partial charge >= 0.3 is 0 Å². The average Bonchev–Trinajstić information content (AvgIpc) is 3.13. The Kier molecular flexibility index (Phi) is 2.83. The van der Waals surface area contributed by atoms with E-state index in [2.05, 4.69) is 5.32 Å². The Morgan fingerprint density at radius 1 is 1.20 bits per heavy atom. The van der Waals surface area contributed by atoms with E-state index in [1.807, 2.05) is 18.2 Å². The molecule has 0 aromatic heterocycles. The molecule has 3 aliphatic rings. The molecule has 1 aliphatic heterocycles. The third-order valence-corrected chi connectivity index (χ3v) is 4.99. The van der Waals surface area contributed by atoms with Crippen molar-refractivity contribution < 1.29 is 14.3 Å². The van der Waals surface area contributed by atoms with Gasteiger partial charge in [0.25, 0.3) is 0 Å². The van der Waals surface area contributed by atoms with Gasteiger partial charge in [0, 0.05) is 18.2 Å². The molecule has 0 spiro atoms. The molecule has 4 rings (SSSR count). The number of rotatable bonds is 3. The van der Waals surface area contributed by atoms with E-state index in [1.54, 1.807) is 0 Å². The van der Waals surface area contributed by atoms with Gasteiger partial charge in [-0.05, 0) is 49.1 Å². The zero-order valence-corrected chi connectivity index (χ0v) is 11.4. The fraction of sp³-hybridized carbons (Fsp3) is 0.562. The van der Waals surface area contributed by atoms with Crippen LogP contribution in [-0.2, 0) is 4.79 Å². The molecule has 4 nitrogen and oxygen atoms in total. The van der Waals surface area contributed by atoms with Crippen LogP contribution < -0.4 is 14.8 Å². The number of carbonyl (C=O) groups excluding carboxylic acids is 1. The monoisotopic (exact) mass is 273 g/mol. The lowest BCUT2D eigenvalue weighted by atomic mass is 9.86. The van der Waals surface area contributed by atoms with Crippen molar-refractivity contribution in [2.75, 3.05) is 12.1 Å². The predicted octanol–water partition coefficient (Wildman–Crippen LogP) is 3.18. The number of hydrogen-bond donors (Lipinski definition) is 1. The second-order valence-electron chi connectivity index (χ2n) is 6.26. The van der Waals surface area contributed by atoms with Crippen molar-refractivity contribution in [1.82, 2.24) is 0 Å². The van der Waals surface area contributed by atoms with E-state index in [4.69, 9.17) is 9.47 Å². The van der Waals surface area contributed by atoms with Crippen molar-refractivity contribution in [3.8, 4) is 11.5 Å².